The second-order valence-corrected chi connectivity index (χ2v) is 6.42. The fourth-order valence-electron chi connectivity index (χ4n) is 2.07. The molecular formula is C16H22BrNO3. The van der Waals surface area contributed by atoms with Gasteiger partial charge in [0.25, 0.3) is 5.91 Å². The van der Waals surface area contributed by atoms with Crippen LogP contribution in [0.25, 0.3) is 0 Å². The van der Waals surface area contributed by atoms with Crippen LogP contribution in [-0.4, -0.2) is 23.0 Å². The summed E-state index contributed by atoms with van der Waals surface area (Å²) in [6.45, 7) is 5.55. The van der Waals surface area contributed by atoms with Gasteiger partial charge in [-0.25, -0.2) is 0 Å². The van der Waals surface area contributed by atoms with Gasteiger partial charge in [-0.15, -0.1) is 0 Å². The molecule has 0 fully saturated rings. The van der Waals surface area contributed by atoms with Gasteiger partial charge in [-0.3, -0.25) is 9.59 Å². The fourth-order valence-corrected chi connectivity index (χ4v) is 2.43. The molecule has 2 N–H and O–H groups in total. The highest BCUT2D eigenvalue weighted by molar-refractivity contribution is 9.10. The predicted octanol–water partition coefficient (Wildman–Crippen LogP) is 3.77. The number of hydrogen-bond donors (Lipinski definition) is 2. The van der Waals surface area contributed by atoms with Gasteiger partial charge >= 0.3 is 5.97 Å². The number of halogens is 1. The third kappa shape index (κ3) is 5.87. The Labute approximate surface area is 134 Å². The van der Waals surface area contributed by atoms with Crippen LogP contribution in [0.3, 0.4) is 0 Å². The number of carboxylic acids is 1. The maximum atomic E-state index is 12.2. The summed E-state index contributed by atoms with van der Waals surface area (Å²) in [4.78, 5) is 22.9. The van der Waals surface area contributed by atoms with E-state index >= 15 is 0 Å². The van der Waals surface area contributed by atoms with Crippen LogP contribution >= 0.6 is 15.9 Å². The van der Waals surface area contributed by atoms with Crippen molar-refractivity contribution < 1.29 is 14.7 Å². The Kier molecular flexibility index (Phi) is 6.89. The van der Waals surface area contributed by atoms with E-state index in [1.807, 2.05) is 32.0 Å². The molecule has 0 aliphatic rings. The molecule has 116 valence electrons. The minimum Gasteiger partial charge on any atom is -0.481 e. The van der Waals surface area contributed by atoms with Gasteiger partial charge in [-0.2, -0.15) is 0 Å². The number of carboxylic acid groups (broad SMARTS) is 1. The molecule has 1 aromatic carbocycles. The van der Waals surface area contributed by atoms with Crippen LogP contribution in [0, 0.1) is 12.8 Å². The van der Waals surface area contributed by atoms with Crippen molar-refractivity contribution in [2.75, 3.05) is 0 Å². The van der Waals surface area contributed by atoms with Gasteiger partial charge in [0.05, 0.1) is 5.92 Å². The lowest BCUT2D eigenvalue weighted by Crippen LogP contribution is -2.33. The van der Waals surface area contributed by atoms with Crippen molar-refractivity contribution in [3.05, 3.63) is 33.8 Å². The number of aryl methyl sites for hydroxylation is 1. The van der Waals surface area contributed by atoms with Crippen molar-refractivity contribution in [3.63, 3.8) is 0 Å². The van der Waals surface area contributed by atoms with Crippen LogP contribution in [0.5, 0.6) is 0 Å². The number of nitrogens with one attached hydrogen (secondary N) is 1. The first-order valence-electron chi connectivity index (χ1n) is 7.11. The molecule has 0 saturated carbocycles. The van der Waals surface area contributed by atoms with E-state index in [4.69, 9.17) is 5.11 Å². The van der Waals surface area contributed by atoms with Gasteiger partial charge in [0.2, 0.25) is 0 Å². The zero-order valence-corrected chi connectivity index (χ0v) is 14.2. The minimum absolute atomic E-state index is 0.0249. The highest BCUT2D eigenvalue weighted by atomic mass is 79.9. The van der Waals surface area contributed by atoms with Crippen molar-refractivity contribution in [2.45, 2.75) is 46.1 Å². The molecular weight excluding hydrogens is 334 g/mol. The average Bonchev–Trinajstić information content (AvgIpc) is 2.41. The third-order valence-corrected chi connectivity index (χ3v) is 4.01. The quantitative estimate of drug-likeness (QED) is 0.782. The van der Waals surface area contributed by atoms with Gasteiger partial charge in [-0.05, 0) is 44.4 Å². The summed E-state index contributed by atoms with van der Waals surface area (Å²) < 4.78 is 0.876. The van der Waals surface area contributed by atoms with Crippen molar-refractivity contribution in [1.29, 1.82) is 0 Å². The number of carbonyl (C=O) groups is 2. The maximum Gasteiger partial charge on any atom is 0.306 e. The van der Waals surface area contributed by atoms with Crippen LogP contribution in [0.1, 0.15) is 49.0 Å². The number of carbonyl (C=O) groups excluding carboxylic acids is 1. The molecule has 1 aromatic rings. The molecule has 5 heteroatoms. The van der Waals surface area contributed by atoms with Gasteiger partial charge in [-0.1, -0.05) is 35.3 Å². The average molecular weight is 356 g/mol. The first-order chi connectivity index (χ1) is 9.81. The summed E-state index contributed by atoms with van der Waals surface area (Å²) in [7, 11) is 0. The summed E-state index contributed by atoms with van der Waals surface area (Å²) >= 11 is 3.37. The molecule has 2 atom stereocenters. The first-order valence-corrected chi connectivity index (χ1v) is 7.90. The van der Waals surface area contributed by atoms with Gasteiger partial charge in [0.15, 0.2) is 0 Å². The Morgan fingerprint density at radius 2 is 1.95 bits per heavy atom. The molecule has 2 unspecified atom stereocenters. The van der Waals surface area contributed by atoms with Crippen molar-refractivity contribution in [3.8, 4) is 0 Å². The zero-order valence-electron chi connectivity index (χ0n) is 12.6. The topological polar surface area (TPSA) is 66.4 Å². The molecule has 1 rings (SSSR count). The Hall–Kier alpha value is -1.36. The molecule has 21 heavy (non-hydrogen) atoms. The summed E-state index contributed by atoms with van der Waals surface area (Å²) in [6, 6.07) is 5.64. The monoisotopic (exact) mass is 355 g/mol. The second-order valence-electron chi connectivity index (χ2n) is 5.50. The Morgan fingerprint density at radius 1 is 1.29 bits per heavy atom. The van der Waals surface area contributed by atoms with Crippen LogP contribution < -0.4 is 5.32 Å². The second kappa shape index (κ2) is 8.17. The number of aliphatic carboxylic acids is 1. The van der Waals surface area contributed by atoms with E-state index in [-0.39, 0.29) is 17.9 Å². The Morgan fingerprint density at radius 3 is 2.57 bits per heavy atom. The highest BCUT2D eigenvalue weighted by Crippen LogP contribution is 2.16. The molecule has 0 bridgehead atoms. The lowest BCUT2D eigenvalue weighted by Gasteiger charge is -2.15. The van der Waals surface area contributed by atoms with E-state index in [1.54, 1.807) is 6.92 Å². The van der Waals surface area contributed by atoms with Crippen LogP contribution in [0.15, 0.2) is 22.7 Å². The summed E-state index contributed by atoms with van der Waals surface area (Å²) in [5.74, 6) is -1.19. The molecule has 0 aromatic heterocycles. The smallest absolute Gasteiger partial charge is 0.306 e. The molecule has 0 radical (unpaired) electrons. The molecule has 0 aliphatic carbocycles. The summed E-state index contributed by atoms with van der Waals surface area (Å²) in [5.41, 5.74) is 1.59. The van der Waals surface area contributed by atoms with Gasteiger partial charge in [0.1, 0.15) is 0 Å². The van der Waals surface area contributed by atoms with E-state index in [1.165, 1.54) is 0 Å². The molecule has 1 amide bonds. The number of rotatable bonds is 7. The Bertz CT molecular complexity index is 516. The van der Waals surface area contributed by atoms with Gasteiger partial charge in [0, 0.05) is 16.1 Å². The van der Waals surface area contributed by atoms with E-state index in [2.05, 4.69) is 21.2 Å². The standard InChI is InChI=1S/C16H22BrNO3/c1-10-7-8-13(17)9-14(10)15(19)18-12(3)6-4-5-11(2)16(20)21/h7-9,11-12H,4-6H2,1-3H3,(H,18,19)(H,20,21). The van der Waals surface area contributed by atoms with E-state index in [0.717, 1.165) is 22.9 Å². The van der Waals surface area contributed by atoms with Crippen molar-refractivity contribution in [2.24, 2.45) is 5.92 Å². The van der Waals surface area contributed by atoms with Crippen molar-refractivity contribution >= 4 is 27.8 Å². The maximum absolute atomic E-state index is 12.2. The molecule has 0 saturated heterocycles. The van der Waals surface area contributed by atoms with Crippen LogP contribution in [0.4, 0.5) is 0 Å². The minimum atomic E-state index is -0.767. The van der Waals surface area contributed by atoms with E-state index in [0.29, 0.717) is 12.0 Å². The van der Waals surface area contributed by atoms with E-state index < -0.39 is 5.97 Å². The molecule has 0 aliphatic heterocycles. The Balaban J connectivity index is 2.47. The number of hydrogen-bond acceptors (Lipinski definition) is 2. The normalized spacial score (nSPS) is 13.5. The third-order valence-electron chi connectivity index (χ3n) is 3.52. The fraction of sp³-hybridized carbons (Fsp3) is 0.500. The molecule has 4 nitrogen and oxygen atoms in total. The first kappa shape index (κ1) is 17.7. The van der Waals surface area contributed by atoms with Crippen molar-refractivity contribution in [1.82, 2.24) is 5.32 Å². The van der Waals surface area contributed by atoms with E-state index in [9.17, 15) is 9.59 Å². The largest absolute Gasteiger partial charge is 0.481 e. The highest BCUT2D eigenvalue weighted by Gasteiger charge is 2.14. The van der Waals surface area contributed by atoms with Crippen LogP contribution in [-0.2, 0) is 4.79 Å². The number of benzene rings is 1. The summed E-state index contributed by atoms with van der Waals surface area (Å²) in [6.07, 6.45) is 2.19. The zero-order chi connectivity index (χ0) is 16.0. The summed E-state index contributed by atoms with van der Waals surface area (Å²) in [5, 5.41) is 11.8. The lowest BCUT2D eigenvalue weighted by atomic mass is 10.0. The molecule has 0 spiro atoms. The SMILES string of the molecule is Cc1ccc(Br)cc1C(=O)NC(C)CCCC(C)C(=O)O. The van der Waals surface area contributed by atoms with Crippen LogP contribution in [0.2, 0.25) is 0 Å². The van der Waals surface area contributed by atoms with Gasteiger partial charge < -0.3 is 10.4 Å². The lowest BCUT2D eigenvalue weighted by molar-refractivity contribution is -0.141. The molecule has 0 heterocycles. The number of amides is 1. The predicted molar refractivity (Wildman–Crippen MR) is 86.5 cm³/mol.